The van der Waals surface area contributed by atoms with E-state index in [-0.39, 0.29) is 5.75 Å². The molecule has 0 atom stereocenters. The Kier molecular flexibility index (Phi) is 3.49. The lowest BCUT2D eigenvalue weighted by Gasteiger charge is -2.21. The minimum atomic E-state index is -3.00. The first-order valence-electron chi connectivity index (χ1n) is 4.26. The van der Waals surface area contributed by atoms with E-state index in [1.54, 1.807) is 0 Å². The molecule has 0 bridgehead atoms. The van der Waals surface area contributed by atoms with Gasteiger partial charge in [-0.05, 0) is 38.9 Å². The van der Waals surface area contributed by atoms with Crippen molar-refractivity contribution in [3.63, 3.8) is 0 Å². The topological polar surface area (TPSA) is 58.2 Å². The second kappa shape index (κ2) is 4.20. The van der Waals surface area contributed by atoms with E-state index in [9.17, 15) is 8.42 Å². The summed E-state index contributed by atoms with van der Waals surface area (Å²) in [4.78, 5) is 0. The van der Waals surface area contributed by atoms with E-state index in [0.29, 0.717) is 5.92 Å². The van der Waals surface area contributed by atoms with Crippen LogP contribution < -0.4 is 10.0 Å². The summed E-state index contributed by atoms with van der Waals surface area (Å²) in [6.07, 6.45) is 1.95. The van der Waals surface area contributed by atoms with Crippen LogP contribution in [-0.2, 0) is 10.0 Å². The molecule has 0 aromatic heterocycles. The number of hydrogen-bond acceptors (Lipinski definition) is 3. The van der Waals surface area contributed by atoms with Gasteiger partial charge in [0.05, 0.1) is 5.75 Å². The zero-order valence-electron chi connectivity index (χ0n) is 7.34. The molecule has 4 nitrogen and oxygen atoms in total. The fraction of sp³-hybridized carbons (Fsp3) is 1.00. The summed E-state index contributed by atoms with van der Waals surface area (Å²) in [6.45, 7) is 1.90. The van der Waals surface area contributed by atoms with Crippen LogP contribution in [0, 0.1) is 5.92 Å². The number of sulfonamides is 1. The van der Waals surface area contributed by atoms with Gasteiger partial charge in [-0.15, -0.1) is 0 Å². The summed E-state index contributed by atoms with van der Waals surface area (Å²) >= 11 is 0. The van der Waals surface area contributed by atoms with Crippen molar-refractivity contribution in [2.45, 2.75) is 12.8 Å². The van der Waals surface area contributed by atoms with Crippen molar-refractivity contribution in [3.8, 4) is 0 Å². The lowest BCUT2D eigenvalue weighted by Crippen LogP contribution is -2.34. The smallest absolute Gasteiger partial charge is 0.211 e. The van der Waals surface area contributed by atoms with Gasteiger partial charge in [-0.1, -0.05) is 0 Å². The largest absolute Gasteiger partial charge is 0.317 e. The van der Waals surface area contributed by atoms with E-state index >= 15 is 0 Å². The molecule has 1 rings (SSSR count). The lowest BCUT2D eigenvalue weighted by molar-refractivity contribution is 0.400. The van der Waals surface area contributed by atoms with Gasteiger partial charge in [-0.25, -0.2) is 13.1 Å². The molecule has 1 saturated heterocycles. The molecule has 5 heteroatoms. The molecule has 72 valence electrons. The Labute approximate surface area is 73.8 Å². The first-order valence-corrected chi connectivity index (χ1v) is 5.91. The summed E-state index contributed by atoms with van der Waals surface area (Å²) in [5, 5.41) is 3.20. The van der Waals surface area contributed by atoms with Gasteiger partial charge in [0.1, 0.15) is 0 Å². The Balaban J connectivity index is 2.39. The highest BCUT2D eigenvalue weighted by Crippen LogP contribution is 2.12. The van der Waals surface area contributed by atoms with Gasteiger partial charge in [0.2, 0.25) is 10.0 Å². The van der Waals surface area contributed by atoms with E-state index in [0.717, 1.165) is 25.9 Å². The van der Waals surface area contributed by atoms with Gasteiger partial charge in [-0.2, -0.15) is 0 Å². The van der Waals surface area contributed by atoms with E-state index in [1.807, 2.05) is 0 Å². The molecule has 0 aromatic carbocycles. The maximum atomic E-state index is 11.1. The molecule has 1 fully saturated rings. The average Bonchev–Trinajstić information content (AvgIpc) is 2.06. The van der Waals surface area contributed by atoms with Crippen molar-refractivity contribution < 1.29 is 8.42 Å². The molecular weight excluding hydrogens is 176 g/mol. The Morgan fingerprint density at radius 2 is 2.00 bits per heavy atom. The molecule has 12 heavy (non-hydrogen) atoms. The summed E-state index contributed by atoms with van der Waals surface area (Å²) in [5.41, 5.74) is 0. The minimum Gasteiger partial charge on any atom is -0.317 e. The van der Waals surface area contributed by atoms with E-state index in [1.165, 1.54) is 7.05 Å². The fourth-order valence-corrected chi connectivity index (χ4v) is 2.56. The third kappa shape index (κ3) is 3.08. The van der Waals surface area contributed by atoms with Gasteiger partial charge in [0.15, 0.2) is 0 Å². The standard InChI is InChI=1S/C7H16N2O2S/c1-8-12(10,11)6-7-2-4-9-5-3-7/h7-9H,2-6H2,1H3. The highest BCUT2D eigenvalue weighted by Gasteiger charge is 2.19. The summed E-state index contributed by atoms with van der Waals surface area (Å²) in [7, 11) is -1.53. The second-order valence-electron chi connectivity index (χ2n) is 3.18. The maximum absolute atomic E-state index is 11.1. The Morgan fingerprint density at radius 1 is 1.42 bits per heavy atom. The molecule has 0 saturated carbocycles. The van der Waals surface area contributed by atoms with Crippen LogP contribution in [0.5, 0.6) is 0 Å². The van der Waals surface area contributed by atoms with Crippen molar-refractivity contribution >= 4 is 10.0 Å². The van der Waals surface area contributed by atoms with Crippen molar-refractivity contribution in [1.29, 1.82) is 0 Å². The third-order valence-corrected chi connectivity index (χ3v) is 3.76. The molecular formula is C7H16N2O2S. The second-order valence-corrected chi connectivity index (χ2v) is 5.15. The van der Waals surface area contributed by atoms with Gasteiger partial charge in [0.25, 0.3) is 0 Å². The fourth-order valence-electron chi connectivity index (χ4n) is 1.44. The first-order chi connectivity index (χ1) is 5.64. The SMILES string of the molecule is CNS(=O)(=O)CC1CCNCC1. The number of hydrogen-bond donors (Lipinski definition) is 2. The number of rotatable bonds is 3. The molecule has 1 heterocycles. The average molecular weight is 192 g/mol. The first kappa shape index (κ1) is 9.95. The quantitative estimate of drug-likeness (QED) is 0.636. The van der Waals surface area contributed by atoms with Crippen LogP contribution in [0.1, 0.15) is 12.8 Å². The van der Waals surface area contributed by atoms with Crippen molar-refractivity contribution in [2.24, 2.45) is 5.92 Å². The predicted molar refractivity (Wildman–Crippen MR) is 48.4 cm³/mol. The molecule has 2 N–H and O–H groups in total. The zero-order chi connectivity index (χ0) is 9.03. The Morgan fingerprint density at radius 3 is 2.50 bits per heavy atom. The Bertz CT molecular complexity index is 220. The third-order valence-electron chi connectivity index (χ3n) is 2.22. The van der Waals surface area contributed by atoms with E-state index in [2.05, 4.69) is 10.0 Å². The highest BCUT2D eigenvalue weighted by atomic mass is 32.2. The van der Waals surface area contributed by atoms with Crippen LogP contribution in [0.25, 0.3) is 0 Å². The van der Waals surface area contributed by atoms with Gasteiger partial charge >= 0.3 is 0 Å². The predicted octanol–water partition coefficient (Wildman–Crippen LogP) is -0.465. The van der Waals surface area contributed by atoms with Crippen LogP contribution in [0.4, 0.5) is 0 Å². The highest BCUT2D eigenvalue weighted by molar-refractivity contribution is 7.89. The summed E-state index contributed by atoms with van der Waals surface area (Å²) in [5.74, 6) is 0.620. The lowest BCUT2D eigenvalue weighted by atomic mass is 10.0. The van der Waals surface area contributed by atoms with Crippen LogP contribution in [0.15, 0.2) is 0 Å². The molecule has 0 amide bonds. The van der Waals surface area contributed by atoms with Crippen LogP contribution in [0.3, 0.4) is 0 Å². The monoisotopic (exact) mass is 192 g/mol. The van der Waals surface area contributed by atoms with Crippen LogP contribution in [0.2, 0.25) is 0 Å². The molecule has 0 aromatic rings. The molecule has 0 radical (unpaired) electrons. The molecule has 0 spiro atoms. The minimum absolute atomic E-state index is 0.283. The molecule has 1 aliphatic rings. The van der Waals surface area contributed by atoms with Crippen LogP contribution in [-0.4, -0.2) is 34.3 Å². The maximum Gasteiger partial charge on any atom is 0.211 e. The normalized spacial score (nSPS) is 21.1. The van der Waals surface area contributed by atoms with E-state index < -0.39 is 10.0 Å². The summed E-state index contributed by atoms with van der Waals surface area (Å²) in [6, 6.07) is 0. The summed E-state index contributed by atoms with van der Waals surface area (Å²) < 4.78 is 24.6. The zero-order valence-corrected chi connectivity index (χ0v) is 8.15. The van der Waals surface area contributed by atoms with Gasteiger partial charge in [0, 0.05) is 0 Å². The van der Waals surface area contributed by atoms with Crippen molar-refractivity contribution in [2.75, 3.05) is 25.9 Å². The van der Waals surface area contributed by atoms with Gasteiger partial charge in [-0.3, -0.25) is 0 Å². The van der Waals surface area contributed by atoms with Gasteiger partial charge < -0.3 is 5.32 Å². The molecule has 0 aliphatic carbocycles. The van der Waals surface area contributed by atoms with Crippen molar-refractivity contribution in [3.05, 3.63) is 0 Å². The number of piperidine rings is 1. The van der Waals surface area contributed by atoms with E-state index in [4.69, 9.17) is 0 Å². The Hall–Kier alpha value is -0.130. The molecule has 1 aliphatic heterocycles. The van der Waals surface area contributed by atoms with Crippen LogP contribution >= 0.6 is 0 Å². The number of nitrogens with one attached hydrogen (secondary N) is 2. The molecule has 0 unspecified atom stereocenters. The van der Waals surface area contributed by atoms with Crippen molar-refractivity contribution in [1.82, 2.24) is 10.0 Å².